The molecule has 0 fully saturated rings. The van der Waals surface area contributed by atoms with Crippen LogP contribution in [-0.2, 0) is 30.4 Å². The number of fused-ring (bicyclic) bond motifs is 5. The lowest BCUT2D eigenvalue weighted by Crippen LogP contribution is -2.52. The molecule has 0 radical (unpaired) electrons. The van der Waals surface area contributed by atoms with Gasteiger partial charge in [0.2, 0.25) is 29.5 Å². The van der Waals surface area contributed by atoms with Crippen molar-refractivity contribution in [1.29, 1.82) is 5.26 Å². The van der Waals surface area contributed by atoms with E-state index < -0.39 is 48.3 Å². The molecule has 0 spiro atoms. The molecular weight excluding hydrogens is 634 g/mol. The van der Waals surface area contributed by atoms with E-state index in [4.69, 9.17) is 20.9 Å². The van der Waals surface area contributed by atoms with Gasteiger partial charge in [-0.15, -0.1) is 0 Å². The summed E-state index contributed by atoms with van der Waals surface area (Å²) in [5.74, 6) is -2.04. The third-order valence-electron chi connectivity index (χ3n) is 7.54. The SMILES string of the molecule is CNCCC(=O)NCC(=O)N(C)C1C(=O)NCC(=O)NC(C(=O)NC(C)C#N)Cc2ccc(OCCN)c(c2)-c2cc1ccc2OCCN. The number of nitriles is 1. The third-order valence-corrected chi connectivity index (χ3v) is 7.54. The normalized spacial score (nSPS) is 16.5. The number of hydrogen-bond donors (Lipinski definition) is 7. The van der Waals surface area contributed by atoms with Crippen LogP contribution >= 0.6 is 0 Å². The first-order valence-corrected chi connectivity index (χ1v) is 15.9. The quantitative estimate of drug-likeness (QED) is 0.120. The van der Waals surface area contributed by atoms with Crippen molar-refractivity contribution in [2.24, 2.45) is 11.5 Å². The predicted molar refractivity (Wildman–Crippen MR) is 180 cm³/mol. The van der Waals surface area contributed by atoms with Crippen molar-refractivity contribution >= 4 is 29.5 Å². The van der Waals surface area contributed by atoms with Gasteiger partial charge < -0.3 is 52.4 Å². The van der Waals surface area contributed by atoms with Crippen molar-refractivity contribution < 1.29 is 33.4 Å². The lowest BCUT2D eigenvalue weighted by atomic mass is 9.93. The maximum absolute atomic E-state index is 13.8. The van der Waals surface area contributed by atoms with Crippen molar-refractivity contribution in [3.05, 3.63) is 47.5 Å². The lowest BCUT2D eigenvalue weighted by molar-refractivity contribution is -0.140. The van der Waals surface area contributed by atoms with Crippen LogP contribution in [0, 0.1) is 11.3 Å². The highest BCUT2D eigenvalue weighted by atomic mass is 16.5. The summed E-state index contributed by atoms with van der Waals surface area (Å²) in [7, 11) is 3.12. The van der Waals surface area contributed by atoms with Gasteiger partial charge in [0.15, 0.2) is 0 Å². The van der Waals surface area contributed by atoms with Crippen LogP contribution in [0.15, 0.2) is 36.4 Å². The Bertz CT molecular complexity index is 1540. The summed E-state index contributed by atoms with van der Waals surface area (Å²) in [6, 6.07) is 8.92. The number of benzene rings is 2. The van der Waals surface area contributed by atoms with Crippen molar-refractivity contribution in [1.82, 2.24) is 31.5 Å². The van der Waals surface area contributed by atoms with E-state index in [0.29, 0.717) is 40.3 Å². The van der Waals surface area contributed by atoms with Crippen LogP contribution in [0.25, 0.3) is 11.1 Å². The molecule has 2 aromatic carbocycles. The highest BCUT2D eigenvalue weighted by Gasteiger charge is 2.31. The van der Waals surface area contributed by atoms with E-state index in [-0.39, 0.29) is 51.6 Å². The van der Waals surface area contributed by atoms with Crippen LogP contribution in [0.1, 0.15) is 30.5 Å². The summed E-state index contributed by atoms with van der Waals surface area (Å²) < 4.78 is 12.0. The van der Waals surface area contributed by atoms with Gasteiger partial charge in [0, 0.05) is 50.7 Å². The fraction of sp³-hybridized carbons (Fsp3) is 0.455. The molecule has 49 heavy (non-hydrogen) atoms. The first-order chi connectivity index (χ1) is 23.5. The number of carbonyl (C=O) groups is 5. The van der Waals surface area contributed by atoms with Gasteiger partial charge in [0.25, 0.3) is 0 Å². The fourth-order valence-electron chi connectivity index (χ4n) is 5.05. The molecule has 0 saturated heterocycles. The highest BCUT2D eigenvalue weighted by molar-refractivity contribution is 5.94. The van der Waals surface area contributed by atoms with Crippen molar-refractivity contribution in [3.8, 4) is 28.7 Å². The minimum Gasteiger partial charge on any atom is -0.492 e. The minimum absolute atomic E-state index is 0.0341. The summed E-state index contributed by atoms with van der Waals surface area (Å²) in [4.78, 5) is 66.9. The van der Waals surface area contributed by atoms with Gasteiger partial charge in [-0.05, 0) is 49.4 Å². The number of rotatable bonds is 14. The van der Waals surface area contributed by atoms with Gasteiger partial charge in [-0.2, -0.15) is 5.26 Å². The molecule has 16 nitrogen and oxygen atoms in total. The molecule has 264 valence electrons. The molecule has 1 heterocycles. The van der Waals surface area contributed by atoms with E-state index in [1.165, 1.54) is 18.9 Å². The molecule has 2 aromatic rings. The standard InChI is InChI=1S/C33H45N9O7/c1-20(17-36)40-32(46)25-15-21-4-6-26(48-12-9-34)23(14-21)24-16-22(5-7-27(24)49-13-10-35)31(33(47)39-18-29(44)41-25)42(3)30(45)19-38-28(43)8-11-37-2/h4-7,14,16,20,25,31,37H,8-13,15,18-19,34-35H2,1-3H3,(H,38,43)(H,39,47)(H,40,46)(H,41,44). The van der Waals surface area contributed by atoms with E-state index in [1.807, 2.05) is 6.07 Å². The first kappa shape index (κ1) is 38.2. The van der Waals surface area contributed by atoms with Crippen LogP contribution in [0.4, 0.5) is 0 Å². The molecule has 3 unspecified atom stereocenters. The van der Waals surface area contributed by atoms with Gasteiger partial charge in [-0.3, -0.25) is 24.0 Å². The zero-order valence-electron chi connectivity index (χ0n) is 28.0. The molecule has 3 rings (SSSR count). The third kappa shape index (κ3) is 10.9. The summed E-state index contributed by atoms with van der Waals surface area (Å²) in [5, 5.41) is 22.5. The number of amides is 5. The number of nitrogens with zero attached hydrogens (tertiary/aromatic N) is 2. The first-order valence-electron chi connectivity index (χ1n) is 15.9. The Morgan fingerprint density at radius 3 is 2.35 bits per heavy atom. The molecule has 16 heteroatoms. The molecule has 9 N–H and O–H groups in total. The molecule has 0 aromatic heterocycles. The molecule has 4 bridgehead atoms. The Kier molecular flexibility index (Phi) is 14.8. The van der Waals surface area contributed by atoms with Gasteiger partial charge in [0.05, 0.1) is 19.2 Å². The zero-order valence-corrected chi connectivity index (χ0v) is 28.0. The van der Waals surface area contributed by atoms with E-state index in [9.17, 15) is 29.2 Å². The zero-order chi connectivity index (χ0) is 35.9. The Hall–Kier alpha value is -5.24. The van der Waals surface area contributed by atoms with Crippen LogP contribution in [0.2, 0.25) is 0 Å². The fourth-order valence-corrected chi connectivity index (χ4v) is 5.05. The molecule has 1 aliphatic rings. The summed E-state index contributed by atoms with van der Waals surface area (Å²) in [5.41, 5.74) is 13.5. The number of likely N-dealkylation sites (N-methyl/N-ethyl adjacent to an activating group) is 1. The molecule has 1 aliphatic heterocycles. The second kappa shape index (κ2) is 18.9. The Balaban J connectivity index is 2.18. The number of carbonyl (C=O) groups excluding carboxylic acids is 5. The lowest BCUT2D eigenvalue weighted by Gasteiger charge is -2.29. The van der Waals surface area contributed by atoms with E-state index in [1.54, 1.807) is 43.4 Å². The van der Waals surface area contributed by atoms with Crippen molar-refractivity contribution in [3.63, 3.8) is 0 Å². The average molecular weight is 680 g/mol. The minimum atomic E-state index is -1.26. The van der Waals surface area contributed by atoms with Crippen LogP contribution in [-0.4, -0.2) is 107 Å². The number of hydrogen-bond acceptors (Lipinski definition) is 11. The largest absolute Gasteiger partial charge is 0.492 e. The number of ether oxygens (including phenoxy) is 2. The highest BCUT2D eigenvalue weighted by Crippen LogP contribution is 2.40. The average Bonchev–Trinajstić information content (AvgIpc) is 3.09. The summed E-state index contributed by atoms with van der Waals surface area (Å²) >= 11 is 0. The predicted octanol–water partition coefficient (Wildman–Crippen LogP) is -1.56. The van der Waals surface area contributed by atoms with E-state index in [0.717, 1.165) is 0 Å². The van der Waals surface area contributed by atoms with E-state index >= 15 is 0 Å². The van der Waals surface area contributed by atoms with Gasteiger partial charge in [-0.25, -0.2) is 0 Å². The molecule has 3 atom stereocenters. The van der Waals surface area contributed by atoms with Crippen molar-refractivity contribution in [2.45, 2.75) is 37.9 Å². The maximum Gasteiger partial charge on any atom is 0.247 e. The molecule has 0 saturated carbocycles. The summed E-state index contributed by atoms with van der Waals surface area (Å²) in [6.07, 6.45) is 0.189. The van der Waals surface area contributed by atoms with Crippen molar-refractivity contribution in [2.75, 3.05) is 60.0 Å². The second-order valence-electron chi connectivity index (χ2n) is 11.3. The molecular formula is C33H45N9O7. The molecule has 5 amide bonds. The number of nitrogens with one attached hydrogen (secondary N) is 5. The topological polar surface area (TPSA) is 243 Å². The van der Waals surface area contributed by atoms with Crippen LogP contribution in [0.5, 0.6) is 11.5 Å². The molecule has 0 aliphatic carbocycles. The number of nitrogens with two attached hydrogens (primary N) is 2. The van der Waals surface area contributed by atoms with Gasteiger partial charge >= 0.3 is 0 Å². The maximum atomic E-state index is 13.8. The van der Waals surface area contributed by atoms with Gasteiger partial charge in [0.1, 0.15) is 42.8 Å². The second-order valence-corrected chi connectivity index (χ2v) is 11.3. The van der Waals surface area contributed by atoms with Crippen LogP contribution < -0.4 is 47.5 Å². The monoisotopic (exact) mass is 679 g/mol. The Labute approximate surface area is 285 Å². The Morgan fingerprint density at radius 1 is 1.06 bits per heavy atom. The smallest absolute Gasteiger partial charge is 0.247 e. The van der Waals surface area contributed by atoms with Gasteiger partial charge in [-0.1, -0.05) is 12.1 Å². The van der Waals surface area contributed by atoms with Crippen LogP contribution in [0.3, 0.4) is 0 Å². The Morgan fingerprint density at radius 2 is 1.71 bits per heavy atom. The summed E-state index contributed by atoms with van der Waals surface area (Å²) in [6.45, 7) is 1.84. The van der Waals surface area contributed by atoms with E-state index in [2.05, 4.69) is 26.6 Å².